The number of unbranched alkanes of at least 4 members (excludes halogenated alkanes) is 59. The zero-order valence-electron chi connectivity index (χ0n) is 56.0. The Balaban J connectivity index is 3.28. The maximum absolute atomic E-state index is 12.4. The Kier molecular flexibility index (Phi) is 70.8. The number of amides is 1. The monoisotopic (exact) mass is 1160 g/mol. The molecule has 82 heavy (non-hydrogen) atoms. The van der Waals surface area contributed by atoms with Crippen LogP contribution < -0.4 is 5.32 Å². The molecule has 2 atom stereocenters. The fraction of sp³-hybridized carbons (Fsp3) is 0.947. The zero-order chi connectivity index (χ0) is 59.2. The predicted octanol–water partition coefficient (Wildman–Crippen LogP) is 24.7. The third-order valence-electron chi connectivity index (χ3n) is 18.1. The van der Waals surface area contributed by atoms with Crippen LogP contribution in [-0.2, 0) is 14.3 Å². The van der Waals surface area contributed by atoms with Crippen molar-refractivity contribution in [2.24, 2.45) is 0 Å². The van der Waals surface area contributed by atoms with E-state index in [1.165, 1.54) is 366 Å². The summed E-state index contributed by atoms with van der Waals surface area (Å²) in [7, 11) is 0. The molecule has 0 saturated carbocycles. The topological polar surface area (TPSA) is 95.9 Å². The van der Waals surface area contributed by atoms with Crippen molar-refractivity contribution in [1.29, 1.82) is 0 Å². The average molecular weight is 1160 g/mol. The van der Waals surface area contributed by atoms with Crippen LogP contribution in [0.4, 0.5) is 0 Å². The summed E-state index contributed by atoms with van der Waals surface area (Å²) < 4.78 is 5.52. The molecule has 6 nitrogen and oxygen atoms in total. The highest BCUT2D eigenvalue weighted by Crippen LogP contribution is 2.20. The van der Waals surface area contributed by atoms with Crippen molar-refractivity contribution in [3.63, 3.8) is 0 Å². The maximum Gasteiger partial charge on any atom is 0.305 e. The van der Waals surface area contributed by atoms with Crippen LogP contribution in [-0.4, -0.2) is 47.4 Å². The molecule has 0 spiro atoms. The zero-order valence-corrected chi connectivity index (χ0v) is 56.0. The Labute approximate surface area is 514 Å². The van der Waals surface area contributed by atoms with Crippen LogP contribution >= 0.6 is 0 Å². The first kappa shape index (κ1) is 80.6. The van der Waals surface area contributed by atoms with Gasteiger partial charge in [0.2, 0.25) is 5.91 Å². The molecule has 0 aromatic rings. The van der Waals surface area contributed by atoms with E-state index in [4.69, 9.17) is 4.74 Å². The Morgan fingerprint density at radius 2 is 0.573 bits per heavy atom. The van der Waals surface area contributed by atoms with E-state index in [1.54, 1.807) is 0 Å². The average Bonchev–Trinajstić information content (AvgIpc) is 3.48. The van der Waals surface area contributed by atoms with Crippen LogP contribution in [0.2, 0.25) is 0 Å². The second-order valence-electron chi connectivity index (χ2n) is 26.3. The number of ether oxygens (including phenoxy) is 1. The number of nitrogens with one attached hydrogen (secondary N) is 1. The quantitative estimate of drug-likeness (QED) is 0.0320. The van der Waals surface area contributed by atoms with Crippen LogP contribution in [0, 0.1) is 0 Å². The first-order valence-electron chi connectivity index (χ1n) is 37.9. The molecule has 6 heteroatoms. The van der Waals surface area contributed by atoms with Crippen LogP contribution in [0.25, 0.3) is 0 Å². The third-order valence-corrected chi connectivity index (χ3v) is 18.1. The van der Waals surface area contributed by atoms with Crippen LogP contribution in [0.3, 0.4) is 0 Å². The number of rotatable bonds is 72. The summed E-state index contributed by atoms with van der Waals surface area (Å²) >= 11 is 0. The number of hydrogen-bond acceptors (Lipinski definition) is 5. The highest BCUT2D eigenvalue weighted by Gasteiger charge is 2.20. The van der Waals surface area contributed by atoms with Crippen molar-refractivity contribution in [3.05, 3.63) is 12.2 Å². The number of carbonyl (C=O) groups is 2. The predicted molar refractivity (Wildman–Crippen MR) is 361 cm³/mol. The summed E-state index contributed by atoms with van der Waals surface area (Å²) in [4.78, 5) is 24.6. The molecule has 3 N–H and O–H groups in total. The van der Waals surface area contributed by atoms with Gasteiger partial charge in [-0.2, -0.15) is 0 Å². The van der Waals surface area contributed by atoms with E-state index >= 15 is 0 Å². The number of allylic oxidation sites excluding steroid dienone is 2. The van der Waals surface area contributed by atoms with Gasteiger partial charge in [0.05, 0.1) is 25.4 Å². The molecule has 0 aliphatic carbocycles. The molecule has 1 amide bonds. The first-order chi connectivity index (χ1) is 40.5. The molecule has 0 radical (unpaired) electrons. The van der Waals surface area contributed by atoms with Crippen molar-refractivity contribution < 1.29 is 24.5 Å². The van der Waals surface area contributed by atoms with Crippen LogP contribution in [0.1, 0.15) is 438 Å². The molecular weight excluding hydrogens is 1010 g/mol. The smallest absolute Gasteiger partial charge is 0.305 e. The Bertz CT molecular complexity index is 1240. The fourth-order valence-electron chi connectivity index (χ4n) is 12.3. The lowest BCUT2D eigenvalue weighted by molar-refractivity contribution is -0.143. The number of aliphatic hydroxyl groups excluding tert-OH is 2. The van der Waals surface area contributed by atoms with E-state index in [9.17, 15) is 19.8 Å². The van der Waals surface area contributed by atoms with Gasteiger partial charge < -0.3 is 20.3 Å². The van der Waals surface area contributed by atoms with E-state index in [-0.39, 0.29) is 18.5 Å². The molecule has 0 aliphatic rings. The number of aliphatic hydroxyl groups is 2. The standard InChI is InChI=1S/C76H149NO5/c1-3-5-7-9-11-13-14-15-16-17-37-41-44-47-50-54-58-62-66-70-76(81)82-71-67-63-59-55-51-48-45-42-39-36-34-32-30-28-26-24-22-20-18-19-21-23-25-27-29-31-33-35-38-40-43-46-49-53-57-61-65-69-75(80)77-73(72-78)74(79)68-64-60-56-52-12-10-8-6-4-2/h18,20,73-74,78-79H,3-17,19,21-72H2,1-2H3,(H,77,80)/b20-18-. The van der Waals surface area contributed by atoms with Gasteiger partial charge >= 0.3 is 5.97 Å². The van der Waals surface area contributed by atoms with E-state index in [1.807, 2.05) is 0 Å². The maximum atomic E-state index is 12.4. The summed E-state index contributed by atoms with van der Waals surface area (Å²) in [6, 6.07) is -0.535. The lowest BCUT2D eigenvalue weighted by Gasteiger charge is -2.22. The van der Waals surface area contributed by atoms with Gasteiger partial charge in [-0.05, 0) is 51.4 Å². The molecular formula is C76H149NO5. The number of esters is 1. The normalized spacial score (nSPS) is 12.5. The third kappa shape index (κ3) is 67.7. The van der Waals surface area contributed by atoms with Crippen LogP contribution in [0.15, 0.2) is 12.2 Å². The van der Waals surface area contributed by atoms with E-state index in [2.05, 4.69) is 31.3 Å². The van der Waals surface area contributed by atoms with Gasteiger partial charge in [-0.25, -0.2) is 0 Å². The highest BCUT2D eigenvalue weighted by atomic mass is 16.5. The van der Waals surface area contributed by atoms with Gasteiger partial charge in [-0.15, -0.1) is 0 Å². The Hall–Kier alpha value is -1.40. The molecule has 0 aliphatic heterocycles. The summed E-state index contributed by atoms with van der Waals surface area (Å²) in [5.74, 6) is -0.00383. The van der Waals surface area contributed by atoms with E-state index in [0.29, 0.717) is 25.9 Å². The van der Waals surface area contributed by atoms with Crippen molar-refractivity contribution >= 4 is 11.9 Å². The molecule has 0 aromatic heterocycles. The number of hydrogen-bond donors (Lipinski definition) is 3. The Morgan fingerprint density at radius 3 is 0.866 bits per heavy atom. The van der Waals surface area contributed by atoms with Gasteiger partial charge in [0.25, 0.3) is 0 Å². The lowest BCUT2D eigenvalue weighted by Crippen LogP contribution is -2.45. The lowest BCUT2D eigenvalue weighted by atomic mass is 10.0. The molecule has 0 bridgehead atoms. The molecule has 488 valence electrons. The second-order valence-corrected chi connectivity index (χ2v) is 26.3. The van der Waals surface area contributed by atoms with Crippen molar-refractivity contribution in [2.75, 3.05) is 13.2 Å². The van der Waals surface area contributed by atoms with Crippen LogP contribution in [0.5, 0.6) is 0 Å². The van der Waals surface area contributed by atoms with Gasteiger partial charge in [-0.3, -0.25) is 9.59 Å². The first-order valence-corrected chi connectivity index (χ1v) is 37.9. The van der Waals surface area contributed by atoms with Crippen molar-refractivity contribution in [1.82, 2.24) is 5.32 Å². The molecule has 0 fully saturated rings. The summed E-state index contributed by atoms with van der Waals surface area (Å²) in [6.07, 6.45) is 90.3. The summed E-state index contributed by atoms with van der Waals surface area (Å²) in [6.45, 7) is 4.98. The largest absolute Gasteiger partial charge is 0.466 e. The summed E-state index contributed by atoms with van der Waals surface area (Å²) in [5.41, 5.74) is 0. The minimum absolute atomic E-state index is 0.0272. The second kappa shape index (κ2) is 72.1. The molecule has 0 aromatic carbocycles. The van der Waals surface area contributed by atoms with Gasteiger partial charge in [0.1, 0.15) is 0 Å². The minimum atomic E-state index is -0.658. The highest BCUT2D eigenvalue weighted by molar-refractivity contribution is 5.76. The SMILES string of the molecule is CCCCCCCCCCCCCCCCCCCCCC(=O)OCCCCCCCCCCCCCCCCCC/C=C\CCCCCCCCCCCCCCCCCCCC(=O)NC(CO)C(O)CCCCCCCCCCC. The van der Waals surface area contributed by atoms with E-state index < -0.39 is 12.1 Å². The molecule has 0 rings (SSSR count). The van der Waals surface area contributed by atoms with Gasteiger partial charge in [0.15, 0.2) is 0 Å². The fourth-order valence-corrected chi connectivity index (χ4v) is 12.3. The molecule has 0 saturated heterocycles. The minimum Gasteiger partial charge on any atom is -0.466 e. The van der Waals surface area contributed by atoms with Gasteiger partial charge in [0, 0.05) is 12.8 Å². The number of carbonyl (C=O) groups excluding carboxylic acids is 2. The van der Waals surface area contributed by atoms with Gasteiger partial charge in [-0.1, -0.05) is 386 Å². The molecule has 2 unspecified atom stereocenters. The van der Waals surface area contributed by atoms with Crippen molar-refractivity contribution in [3.8, 4) is 0 Å². The van der Waals surface area contributed by atoms with Crippen molar-refractivity contribution in [2.45, 2.75) is 450 Å². The Morgan fingerprint density at radius 1 is 0.329 bits per heavy atom. The van der Waals surface area contributed by atoms with E-state index in [0.717, 1.165) is 38.5 Å². The molecule has 0 heterocycles. The summed E-state index contributed by atoms with van der Waals surface area (Å²) in [5, 5.41) is 23.2.